The molecule has 0 aromatic heterocycles. The maximum atomic E-state index is 11.8. The van der Waals surface area contributed by atoms with Crippen LogP contribution in [0.3, 0.4) is 0 Å². The van der Waals surface area contributed by atoms with Gasteiger partial charge in [0.15, 0.2) is 0 Å². The van der Waals surface area contributed by atoms with E-state index in [1.165, 1.54) is 0 Å². The first kappa shape index (κ1) is 30.2. The molecular weight excluding hydrogens is 408 g/mol. The first-order valence-electron chi connectivity index (χ1n) is 11.1. The number of carbonyl (C=O) groups excluding carboxylic acids is 1. The second-order valence-electron chi connectivity index (χ2n) is 7.89. The van der Waals surface area contributed by atoms with Crippen molar-refractivity contribution in [3.63, 3.8) is 0 Å². The first-order chi connectivity index (χ1) is 14.8. The summed E-state index contributed by atoms with van der Waals surface area (Å²) in [5, 5.41) is 9.13. The van der Waals surface area contributed by atoms with Crippen LogP contribution in [0.5, 0.6) is 0 Å². The molecule has 0 heterocycles. The van der Waals surface area contributed by atoms with E-state index in [2.05, 4.69) is 0 Å². The van der Waals surface area contributed by atoms with Crippen molar-refractivity contribution in [2.75, 3.05) is 79.3 Å². The summed E-state index contributed by atoms with van der Waals surface area (Å²) in [6.45, 7) is 14.5. The van der Waals surface area contributed by atoms with Crippen LogP contribution in [-0.4, -0.2) is 103 Å². The molecule has 0 spiro atoms. The monoisotopic (exact) mass is 452 g/mol. The largest absolute Gasteiger partial charge is 0.463 e. The summed E-state index contributed by atoms with van der Waals surface area (Å²) in [6, 6.07) is 0. The molecular formula is C22H44O9. The van der Waals surface area contributed by atoms with Gasteiger partial charge in [-0.05, 0) is 34.1 Å². The molecule has 0 aromatic carbocycles. The number of rotatable bonds is 22. The normalized spacial score (nSPS) is 13.9. The van der Waals surface area contributed by atoms with Gasteiger partial charge in [-0.1, -0.05) is 6.92 Å². The van der Waals surface area contributed by atoms with Crippen molar-refractivity contribution in [2.24, 2.45) is 5.41 Å². The van der Waals surface area contributed by atoms with Gasteiger partial charge in [-0.3, -0.25) is 4.79 Å². The summed E-state index contributed by atoms with van der Waals surface area (Å²) in [5.74, 6) is -0.198. The Morgan fingerprint density at radius 2 is 1.16 bits per heavy atom. The summed E-state index contributed by atoms with van der Waals surface area (Å²) in [6.07, 6.45) is 0.217. The fourth-order valence-corrected chi connectivity index (χ4v) is 2.01. The molecule has 0 amide bonds. The van der Waals surface area contributed by atoms with E-state index < -0.39 is 11.5 Å². The number of aliphatic hydroxyl groups is 1. The third-order valence-electron chi connectivity index (χ3n) is 4.36. The Bertz CT molecular complexity index is 416. The zero-order valence-electron chi connectivity index (χ0n) is 20.1. The second kappa shape index (κ2) is 19.8. The molecule has 0 aromatic rings. The maximum absolute atomic E-state index is 11.8. The molecule has 0 aliphatic carbocycles. The van der Waals surface area contributed by atoms with Crippen LogP contribution in [-0.2, 0) is 38.0 Å². The summed E-state index contributed by atoms with van der Waals surface area (Å²) >= 11 is 0. The standard InChI is InChI=1S/C22H44O9/c1-6-22(4,5)21(24)30-16-15-28-12-11-26-8-7-25-9-10-27-13-14-29-18-20(3)31-17-19(2)23/h19-20,23H,6-18H2,1-5H3. The molecule has 2 atom stereocenters. The van der Waals surface area contributed by atoms with E-state index in [0.717, 1.165) is 6.42 Å². The molecule has 31 heavy (non-hydrogen) atoms. The van der Waals surface area contributed by atoms with Crippen LogP contribution in [0.2, 0.25) is 0 Å². The van der Waals surface area contributed by atoms with Crippen LogP contribution >= 0.6 is 0 Å². The van der Waals surface area contributed by atoms with Gasteiger partial charge in [0.1, 0.15) is 6.61 Å². The molecule has 0 fully saturated rings. The van der Waals surface area contributed by atoms with E-state index in [0.29, 0.717) is 72.7 Å². The fraction of sp³-hybridized carbons (Fsp3) is 0.955. The van der Waals surface area contributed by atoms with Crippen molar-refractivity contribution in [1.29, 1.82) is 0 Å². The van der Waals surface area contributed by atoms with Gasteiger partial charge in [-0.15, -0.1) is 0 Å². The number of hydrogen-bond donors (Lipinski definition) is 1. The molecule has 0 aliphatic heterocycles. The predicted molar refractivity (Wildman–Crippen MR) is 116 cm³/mol. The van der Waals surface area contributed by atoms with Crippen molar-refractivity contribution in [1.82, 2.24) is 0 Å². The van der Waals surface area contributed by atoms with Crippen LogP contribution in [0.15, 0.2) is 0 Å². The number of ether oxygens (including phenoxy) is 7. The molecule has 0 saturated carbocycles. The maximum Gasteiger partial charge on any atom is 0.311 e. The lowest BCUT2D eigenvalue weighted by Crippen LogP contribution is -2.27. The van der Waals surface area contributed by atoms with Crippen LogP contribution in [0.25, 0.3) is 0 Å². The highest BCUT2D eigenvalue weighted by Gasteiger charge is 2.26. The lowest BCUT2D eigenvalue weighted by molar-refractivity contribution is -0.155. The summed E-state index contributed by atoms with van der Waals surface area (Å²) in [4.78, 5) is 11.8. The highest BCUT2D eigenvalue weighted by molar-refractivity contribution is 5.75. The number of aliphatic hydroxyl groups excluding tert-OH is 1. The van der Waals surface area contributed by atoms with Gasteiger partial charge in [0, 0.05) is 0 Å². The van der Waals surface area contributed by atoms with Crippen molar-refractivity contribution < 1.29 is 43.1 Å². The minimum atomic E-state index is -0.467. The van der Waals surface area contributed by atoms with Crippen molar-refractivity contribution >= 4 is 5.97 Å². The van der Waals surface area contributed by atoms with Crippen LogP contribution in [0.4, 0.5) is 0 Å². The number of carbonyl (C=O) groups is 1. The van der Waals surface area contributed by atoms with Crippen molar-refractivity contribution in [3.8, 4) is 0 Å². The zero-order valence-corrected chi connectivity index (χ0v) is 20.1. The predicted octanol–water partition coefficient (Wildman–Crippen LogP) is 1.83. The molecule has 0 rings (SSSR count). The van der Waals surface area contributed by atoms with Gasteiger partial charge >= 0.3 is 5.97 Å². The van der Waals surface area contributed by atoms with E-state index in [-0.39, 0.29) is 18.7 Å². The Kier molecular flexibility index (Phi) is 19.3. The second-order valence-corrected chi connectivity index (χ2v) is 7.89. The molecule has 0 radical (unpaired) electrons. The third-order valence-corrected chi connectivity index (χ3v) is 4.36. The zero-order chi connectivity index (χ0) is 23.4. The molecule has 1 N–H and O–H groups in total. The van der Waals surface area contributed by atoms with E-state index in [4.69, 9.17) is 38.3 Å². The van der Waals surface area contributed by atoms with Crippen LogP contribution < -0.4 is 0 Å². The molecule has 0 aliphatic rings. The molecule has 9 nitrogen and oxygen atoms in total. The van der Waals surface area contributed by atoms with Gasteiger partial charge < -0.3 is 38.3 Å². The van der Waals surface area contributed by atoms with Gasteiger partial charge in [0.05, 0.1) is 90.3 Å². The quantitative estimate of drug-likeness (QED) is 0.195. The Morgan fingerprint density at radius 1 is 0.742 bits per heavy atom. The Hall–Kier alpha value is -0.810. The highest BCUT2D eigenvalue weighted by Crippen LogP contribution is 2.21. The van der Waals surface area contributed by atoms with E-state index in [9.17, 15) is 4.79 Å². The van der Waals surface area contributed by atoms with Crippen LogP contribution in [0, 0.1) is 5.41 Å². The van der Waals surface area contributed by atoms with E-state index >= 15 is 0 Å². The Labute approximate surface area is 187 Å². The average Bonchev–Trinajstić information content (AvgIpc) is 2.74. The third kappa shape index (κ3) is 19.6. The Balaban J connectivity index is 3.23. The smallest absolute Gasteiger partial charge is 0.311 e. The first-order valence-corrected chi connectivity index (χ1v) is 11.1. The summed E-state index contributed by atoms with van der Waals surface area (Å²) in [7, 11) is 0. The molecule has 0 bridgehead atoms. The minimum Gasteiger partial charge on any atom is -0.463 e. The van der Waals surface area contributed by atoms with E-state index in [1.807, 2.05) is 27.7 Å². The van der Waals surface area contributed by atoms with E-state index in [1.54, 1.807) is 6.92 Å². The molecule has 9 heteroatoms. The van der Waals surface area contributed by atoms with Crippen molar-refractivity contribution in [2.45, 2.75) is 53.2 Å². The highest BCUT2D eigenvalue weighted by atomic mass is 16.6. The lowest BCUT2D eigenvalue weighted by atomic mass is 9.91. The summed E-state index contributed by atoms with van der Waals surface area (Å²) in [5.41, 5.74) is -0.448. The van der Waals surface area contributed by atoms with Gasteiger partial charge in [-0.2, -0.15) is 0 Å². The molecule has 186 valence electrons. The average molecular weight is 453 g/mol. The molecule has 0 saturated heterocycles. The number of esters is 1. The number of hydrogen-bond acceptors (Lipinski definition) is 9. The van der Waals surface area contributed by atoms with Gasteiger partial charge in [0.2, 0.25) is 0 Å². The SMILES string of the molecule is CCC(C)(C)C(=O)OCCOCCOCCOCCOCCOCC(C)OCC(C)O. The van der Waals surface area contributed by atoms with Gasteiger partial charge in [0.25, 0.3) is 0 Å². The summed E-state index contributed by atoms with van der Waals surface area (Å²) < 4.78 is 37.6. The van der Waals surface area contributed by atoms with Crippen molar-refractivity contribution in [3.05, 3.63) is 0 Å². The fourth-order valence-electron chi connectivity index (χ4n) is 2.01. The lowest BCUT2D eigenvalue weighted by Gasteiger charge is -2.20. The van der Waals surface area contributed by atoms with Crippen LogP contribution in [0.1, 0.15) is 41.0 Å². The van der Waals surface area contributed by atoms with Gasteiger partial charge in [-0.25, -0.2) is 0 Å². The minimum absolute atomic E-state index is 0.0564. The Morgan fingerprint density at radius 3 is 1.58 bits per heavy atom. The topological polar surface area (TPSA) is 102 Å². The molecule has 2 unspecified atom stereocenters.